The zero-order valence-electron chi connectivity index (χ0n) is 20.1. The van der Waals surface area contributed by atoms with Gasteiger partial charge in [-0.25, -0.2) is 9.49 Å². The number of carbonyl (C=O) groups excluding carboxylic acids is 1. The summed E-state index contributed by atoms with van der Waals surface area (Å²) >= 11 is 5.89. The molecule has 0 atom stereocenters. The number of methoxy groups -OCH3 is 2. The normalized spacial score (nSPS) is 15.1. The Labute approximate surface area is 212 Å². The molecule has 8 nitrogen and oxygen atoms in total. The van der Waals surface area contributed by atoms with Crippen molar-refractivity contribution in [1.82, 2.24) is 20.6 Å². The van der Waals surface area contributed by atoms with E-state index in [2.05, 4.69) is 32.5 Å². The van der Waals surface area contributed by atoms with Crippen molar-refractivity contribution in [3.63, 3.8) is 0 Å². The van der Waals surface area contributed by atoms with Crippen LogP contribution in [0.5, 0.6) is 0 Å². The van der Waals surface area contributed by atoms with Crippen molar-refractivity contribution in [2.24, 2.45) is 0 Å². The van der Waals surface area contributed by atoms with Crippen LogP contribution in [0.15, 0.2) is 66.6 Å². The molecule has 186 valence electrons. The van der Waals surface area contributed by atoms with Gasteiger partial charge >= 0.3 is 0 Å². The molecule has 1 aliphatic carbocycles. The van der Waals surface area contributed by atoms with Crippen molar-refractivity contribution < 1.29 is 18.7 Å². The average Bonchev–Trinajstić information content (AvgIpc) is 3.48. The van der Waals surface area contributed by atoms with E-state index in [0.717, 1.165) is 11.1 Å². The van der Waals surface area contributed by atoms with Crippen molar-refractivity contribution in [2.45, 2.75) is 25.2 Å². The fourth-order valence-electron chi connectivity index (χ4n) is 4.10. The lowest BCUT2D eigenvalue weighted by Gasteiger charge is -2.18. The third kappa shape index (κ3) is 4.87. The second kappa shape index (κ2) is 10.3. The van der Waals surface area contributed by atoms with Gasteiger partial charge in [0.05, 0.1) is 19.6 Å². The van der Waals surface area contributed by atoms with Crippen LogP contribution < -0.4 is 5.32 Å². The maximum atomic E-state index is 14.6. The van der Waals surface area contributed by atoms with Gasteiger partial charge in [0.25, 0.3) is 0 Å². The second-order valence-corrected chi connectivity index (χ2v) is 8.78. The van der Waals surface area contributed by atoms with Crippen LogP contribution in [0.2, 0.25) is 5.02 Å². The third-order valence-electron chi connectivity index (χ3n) is 6.15. The molecular formula is C26H25ClFN5O3. The largest absolute Gasteiger partial charge is 0.493 e. The highest BCUT2D eigenvalue weighted by atomic mass is 35.5. The van der Waals surface area contributed by atoms with Gasteiger partial charge in [-0.05, 0) is 77.7 Å². The topological polar surface area (TPSA) is 102 Å². The molecule has 1 aromatic heterocycles. The summed E-state index contributed by atoms with van der Waals surface area (Å²) in [5.74, 6) is 0.608. The summed E-state index contributed by atoms with van der Waals surface area (Å²) in [5, 5.41) is 17.4. The standard InChI is InChI=1S/C26H25ClFN5O3/c1-5-22(35-3)23(36-4)12-15(2)18-8-7-17(14-19(18)24-30-32-33-31-24)29-25(34)26(10-11-26)20-9-6-16(27)13-21(20)28/h5-9,12-14H,1,10-11H2,2-4H3,(H,29,34)(H,30,31,32,33)/b15-12+,23-22-. The smallest absolute Gasteiger partial charge is 0.235 e. The Morgan fingerprint density at radius 1 is 1.19 bits per heavy atom. The molecule has 0 saturated heterocycles. The molecule has 0 aliphatic heterocycles. The highest BCUT2D eigenvalue weighted by molar-refractivity contribution is 6.30. The molecule has 10 heteroatoms. The van der Waals surface area contributed by atoms with Gasteiger partial charge in [-0.15, -0.1) is 5.10 Å². The Morgan fingerprint density at radius 3 is 2.53 bits per heavy atom. The van der Waals surface area contributed by atoms with Crippen molar-refractivity contribution in [2.75, 3.05) is 19.5 Å². The minimum absolute atomic E-state index is 0.286. The average molecular weight is 510 g/mol. The van der Waals surface area contributed by atoms with Crippen LogP contribution in [0.25, 0.3) is 17.0 Å². The van der Waals surface area contributed by atoms with Gasteiger partial charge < -0.3 is 14.8 Å². The number of aromatic amines is 1. The number of aromatic nitrogens is 4. The van der Waals surface area contributed by atoms with E-state index in [1.165, 1.54) is 13.2 Å². The number of hydrogen-bond donors (Lipinski definition) is 2. The van der Waals surface area contributed by atoms with Gasteiger partial charge in [-0.1, -0.05) is 30.3 Å². The molecule has 0 spiro atoms. The number of benzene rings is 2. The molecule has 1 aliphatic rings. The molecule has 3 aromatic rings. The molecular weight excluding hydrogens is 485 g/mol. The fraction of sp³-hybridized carbons (Fsp3) is 0.231. The summed E-state index contributed by atoms with van der Waals surface area (Å²) in [5.41, 5.74) is 2.22. The predicted molar refractivity (Wildman–Crippen MR) is 135 cm³/mol. The highest BCUT2D eigenvalue weighted by Crippen LogP contribution is 2.50. The zero-order valence-corrected chi connectivity index (χ0v) is 20.8. The molecule has 0 bridgehead atoms. The van der Waals surface area contributed by atoms with Gasteiger partial charge in [0, 0.05) is 21.8 Å². The zero-order chi connectivity index (χ0) is 25.9. The number of H-pyrrole nitrogens is 1. The number of ether oxygens (including phenoxy) is 2. The molecule has 1 fully saturated rings. The lowest BCUT2D eigenvalue weighted by molar-refractivity contribution is -0.118. The summed E-state index contributed by atoms with van der Waals surface area (Å²) in [6.45, 7) is 5.64. The van der Waals surface area contributed by atoms with Crippen molar-refractivity contribution in [3.05, 3.63) is 88.6 Å². The Morgan fingerprint density at radius 2 is 1.94 bits per heavy atom. The van der Waals surface area contributed by atoms with Crippen LogP contribution in [0.3, 0.4) is 0 Å². The summed E-state index contributed by atoms with van der Waals surface area (Å²) in [4.78, 5) is 13.3. The van der Waals surface area contributed by atoms with Crippen LogP contribution in [0, 0.1) is 5.82 Å². The number of allylic oxidation sites excluding steroid dienone is 3. The van der Waals surface area contributed by atoms with E-state index in [1.54, 1.807) is 37.5 Å². The number of tetrazole rings is 1. The van der Waals surface area contributed by atoms with E-state index in [4.69, 9.17) is 21.1 Å². The van der Waals surface area contributed by atoms with E-state index in [0.29, 0.717) is 47.0 Å². The Balaban J connectivity index is 1.69. The van der Waals surface area contributed by atoms with Gasteiger partial charge in [-0.2, -0.15) is 0 Å². The second-order valence-electron chi connectivity index (χ2n) is 8.34. The quantitative estimate of drug-likeness (QED) is 0.295. The van der Waals surface area contributed by atoms with Crippen LogP contribution >= 0.6 is 11.6 Å². The number of amides is 1. The number of carbonyl (C=O) groups is 1. The molecule has 1 amide bonds. The number of rotatable bonds is 9. The van der Waals surface area contributed by atoms with Gasteiger partial charge in [0.1, 0.15) is 5.82 Å². The number of anilines is 1. The van der Waals surface area contributed by atoms with Crippen molar-refractivity contribution >= 4 is 28.8 Å². The Hall–Kier alpha value is -3.98. The first-order valence-corrected chi connectivity index (χ1v) is 11.5. The molecule has 2 N–H and O–H groups in total. The Bertz CT molecular complexity index is 1360. The maximum Gasteiger partial charge on any atom is 0.235 e. The molecule has 0 unspecified atom stereocenters. The van der Waals surface area contributed by atoms with Crippen LogP contribution in [-0.2, 0) is 19.7 Å². The summed E-state index contributed by atoms with van der Waals surface area (Å²) < 4.78 is 25.4. The molecule has 0 radical (unpaired) electrons. The van der Waals surface area contributed by atoms with Gasteiger partial charge in [-0.3, -0.25) is 4.79 Å². The minimum Gasteiger partial charge on any atom is -0.493 e. The molecule has 4 rings (SSSR count). The molecule has 36 heavy (non-hydrogen) atoms. The number of hydrogen-bond acceptors (Lipinski definition) is 6. The van der Waals surface area contributed by atoms with E-state index in [-0.39, 0.29) is 10.9 Å². The summed E-state index contributed by atoms with van der Waals surface area (Å²) in [6, 6.07) is 9.78. The number of halogens is 2. The van der Waals surface area contributed by atoms with Crippen LogP contribution in [0.4, 0.5) is 10.1 Å². The van der Waals surface area contributed by atoms with E-state index in [1.807, 2.05) is 19.1 Å². The van der Waals surface area contributed by atoms with E-state index in [9.17, 15) is 9.18 Å². The molecule has 1 saturated carbocycles. The van der Waals surface area contributed by atoms with Crippen molar-refractivity contribution in [3.8, 4) is 11.4 Å². The first-order valence-electron chi connectivity index (χ1n) is 11.1. The molecule has 1 heterocycles. The summed E-state index contributed by atoms with van der Waals surface area (Å²) in [7, 11) is 3.07. The first-order chi connectivity index (χ1) is 17.3. The van der Waals surface area contributed by atoms with Crippen molar-refractivity contribution in [1.29, 1.82) is 0 Å². The third-order valence-corrected chi connectivity index (χ3v) is 6.38. The summed E-state index contributed by atoms with van der Waals surface area (Å²) in [6.07, 6.45) is 4.46. The minimum atomic E-state index is -0.920. The lowest BCUT2D eigenvalue weighted by atomic mass is 9.94. The van der Waals surface area contributed by atoms with E-state index < -0.39 is 11.2 Å². The number of nitrogens with zero attached hydrogens (tertiary/aromatic N) is 3. The van der Waals surface area contributed by atoms with Crippen LogP contribution in [-0.4, -0.2) is 40.8 Å². The first kappa shape index (κ1) is 25.1. The monoisotopic (exact) mass is 509 g/mol. The van der Waals surface area contributed by atoms with Gasteiger partial charge in [0.15, 0.2) is 17.3 Å². The maximum absolute atomic E-state index is 14.6. The Kier molecular flexibility index (Phi) is 7.21. The van der Waals surface area contributed by atoms with E-state index >= 15 is 0 Å². The lowest BCUT2D eigenvalue weighted by Crippen LogP contribution is -2.28. The highest BCUT2D eigenvalue weighted by Gasteiger charge is 2.52. The van der Waals surface area contributed by atoms with Gasteiger partial charge in [0.2, 0.25) is 5.91 Å². The fourth-order valence-corrected chi connectivity index (χ4v) is 4.26. The predicted octanol–water partition coefficient (Wildman–Crippen LogP) is 5.42. The number of nitrogens with one attached hydrogen (secondary N) is 2. The molecule has 2 aromatic carbocycles. The SMILES string of the molecule is C=C/C(OC)=C(\C=C(/C)c1ccc(NC(=O)C2(c3ccc(Cl)cc3F)CC2)cc1-c1nnn[nH]1)OC. The van der Waals surface area contributed by atoms with Crippen LogP contribution in [0.1, 0.15) is 30.9 Å².